The van der Waals surface area contributed by atoms with Gasteiger partial charge < -0.3 is 10.1 Å². The minimum Gasteiger partial charge on any atom is -0.444 e. The molecule has 1 amide bonds. The lowest BCUT2D eigenvalue weighted by Crippen LogP contribution is -2.45. The third kappa shape index (κ3) is 4.44. The Morgan fingerprint density at radius 2 is 1.88 bits per heavy atom. The van der Waals surface area contributed by atoms with Gasteiger partial charge >= 0.3 is 12.3 Å². The molecule has 0 saturated heterocycles. The molecule has 0 bridgehead atoms. The molecule has 1 rings (SSSR count). The maximum Gasteiger partial charge on any atom is 0.407 e. The average Bonchev–Trinajstić information content (AvgIpc) is 1.94. The van der Waals surface area contributed by atoms with Gasteiger partial charge in [-0.2, -0.15) is 13.2 Å². The van der Waals surface area contributed by atoms with Crippen LogP contribution in [-0.2, 0) is 4.74 Å². The van der Waals surface area contributed by atoms with Gasteiger partial charge in [0.05, 0.1) is 5.92 Å². The van der Waals surface area contributed by atoms with Crippen LogP contribution in [0.15, 0.2) is 0 Å². The van der Waals surface area contributed by atoms with E-state index in [-0.39, 0.29) is 13.0 Å². The molecule has 0 aromatic carbocycles. The highest BCUT2D eigenvalue weighted by atomic mass is 19.4. The number of carbonyl (C=O) groups is 1. The molecular weight excluding hydrogens is 235 g/mol. The number of amides is 1. The summed E-state index contributed by atoms with van der Waals surface area (Å²) in [6, 6.07) is 0. The fourth-order valence-electron chi connectivity index (χ4n) is 1.77. The lowest BCUT2D eigenvalue weighted by Gasteiger charge is -2.37. The highest BCUT2D eigenvalue weighted by molar-refractivity contribution is 5.67. The summed E-state index contributed by atoms with van der Waals surface area (Å²) in [5.41, 5.74) is -0.632. The first-order chi connectivity index (χ1) is 7.59. The minimum atomic E-state index is -4.15. The number of alkyl halides is 3. The van der Waals surface area contributed by atoms with Crippen LogP contribution < -0.4 is 5.32 Å². The summed E-state index contributed by atoms with van der Waals surface area (Å²) in [5, 5.41) is 2.38. The maximum absolute atomic E-state index is 12.4. The Kier molecular flexibility index (Phi) is 3.94. The molecule has 1 fully saturated rings. The van der Waals surface area contributed by atoms with Crippen LogP contribution >= 0.6 is 0 Å². The largest absolute Gasteiger partial charge is 0.444 e. The zero-order valence-electron chi connectivity index (χ0n) is 10.2. The quantitative estimate of drug-likeness (QED) is 0.821. The first-order valence-electron chi connectivity index (χ1n) is 5.63. The van der Waals surface area contributed by atoms with Crippen LogP contribution in [0.5, 0.6) is 0 Å². The first kappa shape index (κ1) is 14.1. The van der Waals surface area contributed by atoms with Crippen LogP contribution in [0.4, 0.5) is 18.0 Å². The molecule has 6 heteroatoms. The van der Waals surface area contributed by atoms with E-state index in [0.717, 1.165) is 0 Å². The Hall–Kier alpha value is -0.940. The Balaban J connectivity index is 2.30. The molecule has 100 valence electrons. The van der Waals surface area contributed by atoms with E-state index in [1.165, 1.54) is 0 Å². The lowest BCUT2D eigenvalue weighted by molar-refractivity contribution is -0.212. The van der Waals surface area contributed by atoms with Crippen molar-refractivity contribution in [3.8, 4) is 0 Å². The maximum atomic E-state index is 12.4. The molecule has 0 spiro atoms. The summed E-state index contributed by atoms with van der Waals surface area (Å²) < 4.78 is 42.2. The van der Waals surface area contributed by atoms with E-state index < -0.39 is 29.7 Å². The number of nitrogens with one attached hydrogen (secondary N) is 1. The topological polar surface area (TPSA) is 38.3 Å². The fourth-order valence-corrected chi connectivity index (χ4v) is 1.77. The smallest absolute Gasteiger partial charge is 0.407 e. The predicted molar refractivity (Wildman–Crippen MR) is 56.5 cm³/mol. The third-order valence-electron chi connectivity index (χ3n) is 2.75. The van der Waals surface area contributed by atoms with Crippen molar-refractivity contribution in [2.45, 2.75) is 45.4 Å². The summed E-state index contributed by atoms with van der Waals surface area (Å²) in [6.45, 7) is 5.14. The van der Waals surface area contributed by atoms with Crippen LogP contribution in [0.3, 0.4) is 0 Å². The molecule has 3 nitrogen and oxygen atoms in total. The Labute approximate surface area is 98.7 Å². The van der Waals surface area contributed by atoms with Gasteiger partial charge in [0.1, 0.15) is 5.60 Å². The molecule has 0 heterocycles. The summed E-state index contributed by atoms with van der Waals surface area (Å²) in [4.78, 5) is 11.2. The second-order valence-electron chi connectivity index (χ2n) is 5.37. The van der Waals surface area contributed by atoms with E-state index >= 15 is 0 Å². The summed E-state index contributed by atoms with van der Waals surface area (Å²) >= 11 is 0. The van der Waals surface area contributed by atoms with Gasteiger partial charge in [0.15, 0.2) is 0 Å². The van der Waals surface area contributed by atoms with E-state index in [9.17, 15) is 18.0 Å². The zero-order valence-corrected chi connectivity index (χ0v) is 10.2. The predicted octanol–water partition coefficient (Wildman–Crippen LogP) is 3.10. The van der Waals surface area contributed by atoms with Crippen molar-refractivity contribution in [1.82, 2.24) is 5.32 Å². The van der Waals surface area contributed by atoms with Crippen molar-refractivity contribution in [3.63, 3.8) is 0 Å². The van der Waals surface area contributed by atoms with Crippen molar-refractivity contribution in [3.05, 3.63) is 0 Å². The highest BCUT2D eigenvalue weighted by Crippen LogP contribution is 2.45. The summed E-state index contributed by atoms with van der Waals surface area (Å²) in [7, 11) is 0. The molecule has 1 aliphatic rings. The highest BCUT2D eigenvalue weighted by Gasteiger charge is 2.49. The third-order valence-corrected chi connectivity index (χ3v) is 2.75. The van der Waals surface area contributed by atoms with E-state index in [0.29, 0.717) is 6.42 Å². The minimum absolute atomic E-state index is 0.0269. The molecule has 0 aromatic heterocycles. The molecular formula is C11H18F3NO2. The van der Waals surface area contributed by atoms with Gasteiger partial charge in [-0.3, -0.25) is 0 Å². The standard InChI is InChI=1S/C11H18F3NO2/c1-10(2,3)17-9(16)15-6-7-4-5-8(7)11(12,13)14/h7-8H,4-6H2,1-3H3,(H,15,16)/t7-,8-/m1/s1. The van der Waals surface area contributed by atoms with Crippen LogP contribution in [-0.4, -0.2) is 24.4 Å². The molecule has 1 saturated carbocycles. The molecule has 0 radical (unpaired) electrons. The van der Waals surface area contributed by atoms with Gasteiger partial charge in [0.2, 0.25) is 0 Å². The van der Waals surface area contributed by atoms with E-state index in [2.05, 4.69) is 5.32 Å². The second-order valence-corrected chi connectivity index (χ2v) is 5.37. The van der Waals surface area contributed by atoms with Crippen molar-refractivity contribution in [2.75, 3.05) is 6.54 Å². The summed E-state index contributed by atoms with van der Waals surface area (Å²) in [6.07, 6.45) is -4.16. The van der Waals surface area contributed by atoms with E-state index in [4.69, 9.17) is 4.74 Å². The zero-order chi connectivity index (χ0) is 13.3. The second kappa shape index (κ2) is 4.74. The van der Waals surface area contributed by atoms with Crippen LogP contribution in [0.25, 0.3) is 0 Å². The van der Waals surface area contributed by atoms with Gasteiger partial charge in [0, 0.05) is 6.54 Å². The van der Waals surface area contributed by atoms with Crippen molar-refractivity contribution < 1.29 is 22.7 Å². The van der Waals surface area contributed by atoms with Crippen molar-refractivity contribution in [1.29, 1.82) is 0 Å². The molecule has 0 aromatic rings. The van der Waals surface area contributed by atoms with Crippen LogP contribution in [0, 0.1) is 11.8 Å². The molecule has 0 aliphatic heterocycles. The fraction of sp³-hybridized carbons (Fsp3) is 0.909. The molecule has 1 N–H and O–H groups in total. The van der Waals surface area contributed by atoms with Crippen LogP contribution in [0.1, 0.15) is 33.6 Å². The number of hydrogen-bond acceptors (Lipinski definition) is 2. The number of alkyl carbamates (subject to hydrolysis) is 1. The Morgan fingerprint density at radius 3 is 2.24 bits per heavy atom. The molecule has 1 aliphatic carbocycles. The van der Waals surface area contributed by atoms with Gasteiger partial charge in [-0.25, -0.2) is 4.79 Å². The number of ether oxygens (including phenoxy) is 1. The average molecular weight is 253 g/mol. The van der Waals surface area contributed by atoms with E-state index in [1.54, 1.807) is 20.8 Å². The molecule has 0 unspecified atom stereocenters. The van der Waals surface area contributed by atoms with Gasteiger partial charge in [0.25, 0.3) is 0 Å². The molecule has 17 heavy (non-hydrogen) atoms. The van der Waals surface area contributed by atoms with E-state index in [1.807, 2.05) is 0 Å². The Morgan fingerprint density at radius 1 is 1.29 bits per heavy atom. The SMILES string of the molecule is CC(C)(C)OC(=O)NC[C@H]1CC[C@H]1C(F)(F)F. The number of rotatable bonds is 2. The number of hydrogen-bond donors (Lipinski definition) is 1. The Bertz CT molecular complexity index is 283. The number of carbonyl (C=O) groups excluding carboxylic acids is 1. The van der Waals surface area contributed by atoms with Gasteiger partial charge in [-0.15, -0.1) is 0 Å². The first-order valence-corrected chi connectivity index (χ1v) is 5.63. The van der Waals surface area contributed by atoms with Crippen molar-refractivity contribution in [2.24, 2.45) is 11.8 Å². The van der Waals surface area contributed by atoms with Crippen molar-refractivity contribution >= 4 is 6.09 Å². The van der Waals surface area contributed by atoms with Crippen LogP contribution in [0.2, 0.25) is 0 Å². The van der Waals surface area contributed by atoms with Gasteiger partial charge in [-0.05, 0) is 39.5 Å². The normalized spacial score (nSPS) is 25.1. The monoisotopic (exact) mass is 253 g/mol. The summed E-state index contributed by atoms with van der Waals surface area (Å²) in [5.74, 6) is -1.79. The van der Waals surface area contributed by atoms with Gasteiger partial charge in [-0.1, -0.05) is 0 Å². The number of halogens is 3. The molecule has 2 atom stereocenters. The lowest BCUT2D eigenvalue weighted by atomic mass is 9.73.